The van der Waals surface area contributed by atoms with Gasteiger partial charge in [-0.1, -0.05) is 6.07 Å². The van der Waals surface area contributed by atoms with Crippen LogP contribution < -0.4 is 5.32 Å². The smallest absolute Gasteiger partial charge is 0.409 e. The van der Waals surface area contributed by atoms with Crippen molar-refractivity contribution in [1.82, 2.24) is 9.80 Å². The van der Waals surface area contributed by atoms with Gasteiger partial charge in [0.15, 0.2) is 0 Å². The van der Waals surface area contributed by atoms with Crippen molar-refractivity contribution in [3.05, 3.63) is 29.8 Å². The van der Waals surface area contributed by atoms with E-state index < -0.39 is 5.92 Å². The number of carbonyl (C=O) groups is 3. The lowest BCUT2D eigenvalue weighted by Crippen LogP contribution is -2.47. The van der Waals surface area contributed by atoms with Gasteiger partial charge in [-0.15, -0.1) is 0 Å². The maximum absolute atomic E-state index is 12.6. The average Bonchev–Trinajstić information content (AvgIpc) is 3.10. The molecule has 2 fully saturated rings. The summed E-state index contributed by atoms with van der Waals surface area (Å²) in [4.78, 5) is 40.3. The van der Waals surface area contributed by atoms with Crippen molar-refractivity contribution in [3.63, 3.8) is 0 Å². The molecule has 0 spiro atoms. The van der Waals surface area contributed by atoms with Crippen molar-refractivity contribution in [2.24, 2.45) is 5.92 Å². The number of rotatable bonds is 4. The van der Waals surface area contributed by atoms with Crippen LogP contribution in [0.3, 0.4) is 0 Å². The fourth-order valence-electron chi connectivity index (χ4n) is 3.75. The van der Waals surface area contributed by atoms with Crippen LogP contribution in [0.4, 0.5) is 10.5 Å². The first-order valence-corrected chi connectivity index (χ1v) is 9.54. The fourth-order valence-corrected chi connectivity index (χ4v) is 3.75. The Kier molecular flexibility index (Phi) is 6.14. The number of amides is 3. The van der Waals surface area contributed by atoms with E-state index >= 15 is 0 Å². The molecule has 0 saturated carbocycles. The lowest BCUT2D eigenvalue weighted by Gasteiger charge is -2.36. The lowest BCUT2D eigenvalue weighted by atomic mass is 10.0. The molecule has 3 rings (SSSR count). The molecule has 2 saturated heterocycles. The summed E-state index contributed by atoms with van der Waals surface area (Å²) in [6.45, 7) is 3.59. The molecule has 3 amide bonds. The zero-order chi connectivity index (χ0) is 20.1. The van der Waals surface area contributed by atoms with Crippen LogP contribution in [-0.2, 0) is 14.3 Å². The monoisotopic (exact) mass is 384 g/mol. The second kappa shape index (κ2) is 8.74. The molecule has 8 nitrogen and oxygen atoms in total. The summed E-state index contributed by atoms with van der Waals surface area (Å²) < 4.78 is 5.02. The lowest BCUT2D eigenvalue weighted by molar-refractivity contribution is -0.130. The molecule has 2 aliphatic rings. The molecule has 0 aliphatic carbocycles. The van der Waals surface area contributed by atoms with Gasteiger partial charge in [-0.05, 0) is 38.0 Å². The summed E-state index contributed by atoms with van der Waals surface area (Å²) in [5.41, 5.74) is 1.02. The average molecular weight is 384 g/mol. The highest BCUT2D eigenvalue weighted by Crippen LogP contribution is 2.27. The summed E-state index contributed by atoms with van der Waals surface area (Å²) in [7, 11) is 0. The SMILES string of the molecule is CCOC(=O)N1CCC(N2CC(C(=O)Nc3cccc(C#N)c3)CC2=O)CC1. The number of nitrogens with one attached hydrogen (secondary N) is 1. The Morgan fingerprint density at radius 3 is 2.75 bits per heavy atom. The number of anilines is 1. The van der Waals surface area contributed by atoms with Gasteiger partial charge in [0.25, 0.3) is 0 Å². The van der Waals surface area contributed by atoms with Crippen molar-refractivity contribution < 1.29 is 19.1 Å². The fraction of sp³-hybridized carbons (Fsp3) is 0.500. The first kappa shape index (κ1) is 19.7. The summed E-state index contributed by atoms with van der Waals surface area (Å²) in [5.74, 6) is -0.656. The number of nitriles is 1. The highest BCUT2D eigenvalue weighted by Gasteiger charge is 2.39. The van der Waals surface area contributed by atoms with E-state index in [4.69, 9.17) is 10.00 Å². The minimum absolute atomic E-state index is 0.0273. The summed E-state index contributed by atoms with van der Waals surface area (Å²) in [6.07, 6.45) is 1.24. The molecule has 148 valence electrons. The molecule has 1 atom stereocenters. The van der Waals surface area contributed by atoms with Crippen LogP contribution in [0.5, 0.6) is 0 Å². The summed E-state index contributed by atoms with van der Waals surface area (Å²) in [6, 6.07) is 8.78. The molecule has 2 aliphatic heterocycles. The zero-order valence-electron chi connectivity index (χ0n) is 15.9. The van der Waals surface area contributed by atoms with Crippen LogP contribution in [-0.4, -0.2) is 60.0 Å². The largest absolute Gasteiger partial charge is 0.450 e. The van der Waals surface area contributed by atoms with Crippen LogP contribution in [0, 0.1) is 17.2 Å². The van der Waals surface area contributed by atoms with Gasteiger partial charge in [0.2, 0.25) is 11.8 Å². The van der Waals surface area contributed by atoms with Gasteiger partial charge in [0, 0.05) is 37.8 Å². The molecule has 28 heavy (non-hydrogen) atoms. The van der Waals surface area contributed by atoms with Crippen molar-refractivity contribution in [2.75, 3.05) is 31.6 Å². The minimum atomic E-state index is -0.415. The second-order valence-corrected chi connectivity index (χ2v) is 7.05. The molecule has 0 bridgehead atoms. The standard InChI is InChI=1S/C20H24N4O4/c1-2-28-20(27)23-8-6-17(7-9-23)24-13-15(11-18(24)25)19(26)22-16-5-3-4-14(10-16)12-21/h3-5,10,15,17H,2,6-9,11,13H2,1H3,(H,22,26). The predicted octanol–water partition coefficient (Wildman–Crippen LogP) is 1.97. The Morgan fingerprint density at radius 2 is 2.07 bits per heavy atom. The van der Waals surface area contributed by atoms with Crippen LogP contribution in [0.1, 0.15) is 31.7 Å². The number of piperidine rings is 1. The van der Waals surface area contributed by atoms with Crippen LogP contribution in [0.15, 0.2) is 24.3 Å². The third kappa shape index (κ3) is 4.42. The van der Waals surface area contributed by atoms with Crippen LogP contribution in [0.25, 0.3) is 0 Å². The van der Waals surface area contributed by atoms with E-state index in [0.717, 1.165) is 0 Å². The van der Waals surface area contributed by atoms with E-state index in [0.29, 0.717) is 50.3 Å². The van der Waals surface area contributed by atoms with Gasteiger partial charge in [-0.2, -0.15) is 5.26 Å². The number of ether oxygens (including phenoxy) is 1. The maximum atomic E-state index is 12.6. The number of likely N-dealkylation sites (tertiary alicyclic amines) is 2. The van der Waals surface area contributed by atoms with Gasteiger partial charge < -0.3 is 19.9 Å². The highest BCUT2D eigenvalue weighted by atomic mass is 16.6. The third-order valence-electron chi connectivity index (χ3n) is 5.22. The van der Waals surface area contributed by atoms with Gasteiger partial charge in [0.1, 0.15) is 0 Å². The van der Waals surface area contributed by atoms with Crippen LogP contribution in [0.2, 0.25) is 0 Å². The van der Waals surface area contributed by atoms with Crippen molar-refractivity contribution >= 4 is 23.6 Å². The van der Waals surface area contributed by atoms with Crippen molar-refractivity contribution in [3.8, 4) is 6.07 Å². The molecule has 1 aromatic rings. The van der Waals surface area contributed by atoms with E-state index in [1.807, 2.05) is 6.07 Å². The van der Waals surface area contributed by atoms with E-state index in [9.17, 15) is 14.4 Å². The Labute approximate surface area is 164 Å². The summed E-state index contributed by atoms with van der Waals surface area (Å²) >= 11 is 0. The first-order chi connectivity index (χ1) is 13.5. The van der Waals surface area contributed by atoms with E-state index in [1.165, 1.54) is 0 Å². The van der Waals surface area contributed by atoms with E-state index in [2.05, 4.69) is 5.32 Å². The zero-order valence-corrected chi connectivity index (χ0v) is 15.9. The number of hydrogen-bond donors (Lipinski definition) is 1. The molecule has 1 unspecified atom stereocenters. The Hall–Kier alpha value is -3.08. The van der Waals surface area contributed by atoms with E-state index in [1.54, 1.807) is 41.0 Å². The topological polar surface area (TPSA) is 103 Å². The molecular weight excluding hydrogens is 360 g/mol. The molecular formula is C20H24N4O4. The Bertz CT molecular complexity index is 796. The van der Waals surface area contributed by atoms with Gasteiger partial charge in [-0.25, -0.2) is 4.79 Å². The molecule has 2 heterocycles. The number of hydrogen-bond acceptors (Lipinski definition) is 5. The highest BCUT2D eigenvalue weighted by molar-refractivity contribution is 5.97. The maximum Gasteiger partial charge on any atom is 0.409 e. The quantitative estimate of drug-likeness (QED) is 0.855. The number of carbonyl (C=O) groups excluding carboxylic acids is 3. The molecule has 0 aromatic heterocycles. The van der Waals surface area contributed by atoms with Gasteiger partial charge >= 0.3 is 6.09 Å². The minimum Gasteiger partial charge on any atom is -0.450 e. The Balaban J connectivity index is 1.54. The van der Waals surface area contributed by atoms with Crippen LogP contribution >= 0.6 is 0 Å². The van der Waals surface area contributed by atoms with E-state index in [-0.39, 0.29) is 30.4 Å². The van der Waals surface area contributed by atoms with Crippen molar-refractivity contribution in [1.29, 1.82) is 5.26 Å². The van der Waals surface area contributed by atoms with Gasteiger partial charge in [0.05, 0.1) is 24.2 Å². The normalized spacial score (nSPS) is 20.0. The predicted molar refractivity (Wildman–Crippen MR) is 101 cm³/mol. The first-order valence-electron chi connectivity index (χ1n) is 9.54. The van der Waals surface area contributed by atoms with Crippen molar-refractivity contribution in [2.45, 2.75) is 32.2 Å². The molecule has 8 heteroatoms. The van der Waals surface area contributed by atoms with Gasteiger partial charge in [-0.3, -0.25) is 9.59 Å². The summed E-state index contributed by atoms with van der Waals surface area (Å²) in [5, 5.41) is 11.8. The molecule has 1 aromatic carbocycles. The number of benzene rings is 1. The number of nitrogens with zero attached hydrogens (tertiary/aromatic N) is 3. The molecule has 0 radical (unpaired) electrons. The second-order valence-electron chi connectivity index (χ2n) is 7.05. The Morgan fingerprint density at radius 1 is 1.32 bits per heavy atom. The molecule has 1 N–H and O–H groups in total. The third-order valence-corrected chi connectivity index (χ3v) is 5.22.